The Labute approximate surface area is 173 Å². The molecule has 2 aromatic rings. The van der Waals surface area contributed by atoms with Gasteiger partial charge in [-0.15, -0.1) is 0 Å². The van der Waals surface area contributed by atoms with Crippen molar-refractivity contribution in [2.75, 3.05) is 27.2 Å². The van der Waals surface area contributed by atoms with E-state index in [1.54, 1.807) is 14.1 Å². The molecule has 0 aliphatic heterocycles. The number of carbonyl (C=O) groups excluding carboxylic acids is 1. The fourth-order valence-corrected chi connectivity index (χ4v) is 2.78. The van der Waals surface area contributed by atoms with Gasteiger partial charge in [0.25, 0.3) is 5.91 Å². The molecule has 0 saturated heterocycles. The van der Waals surface area contributed by atoms with E-state index in [1.807, 2.05) is 42.5 Å². The van der Waals surface area contributed by atoms with Crippen molar-refractivity contribution < 1.29 is 9.53 Å². The van der Waals surface area contributed by atoms with Crippen LogP contribution in [0.25, 0.3) is 0 Å². The van der Waals surface area contributed by atoms with E-state index in [4.69, 9.17) is 4.74 Å². The lowest BCUT2D eigenvalue weighted by Crippen LogP contribution is -2.38. The molecular formula is C23H32N4O2. The lowest BCUT2D eigenvalue weighted by Gasteiger charge is -2.15. The molecule has 2 aromatic carbocycles. The molecule has 6 nitrogen and oxygen atoms in total. The molecule has 0 bridgehead atoms. The summed E-state index contributed by atoms with van der Waals surface area (Å²) in [6.45, 7) is 6.30. The van der Waals surface area contributed by atoms with Gasteiger partial charge >= 0.3 is 0 Å². The van der Waals surface area contributed by atoms with Gasteiger partial charge in [-0.3, -0.25) is 9.79 Å². The molecule has 0 aliphatic rings. The van der Waals surface area contributed by atoms with E-state index in [0.29, 0.717) is 31.2 Å². The first kappa shape index (κ1) is 22.3. The van der Waals surface area contributed by atoms with Gasteiger partial charge in [0, 0.05) is 38.3 Å². The number of guanidine groups is 1. The Kier molecular flexibility index (Phi) is 9.02. The van der Waals surface area contributed by atoms with Crippen molar-refractivity contribution in [2.45, 2.75) is 26.8 Å². The fourth-order valence-electron chi connectivity index (χ4n) is 2.78. The Morgan fingerprint density at radius 1 is 1.10 bits per heavy atom. The van der Waals surface area contributed by atoms with Crippen LogP contribution in [0.2, 0.25) is 0 Å². The first-order chi connectivity index (χ1) is 14.0. The molecule has 0 aliphatic carbocycles. The van der Waals surface area contributed by atoms with Crippen LogP contribution in [0.4, 0.5) is 0 Å². The minimum absolute atomic E-state index is 0.0735. The van der Waals surface area contributed by atoms with Crippen LogP contribution in [0, 0.1) is 5.92 Å². The summed E-state index contributed by atoms with van der Waals surface area (Å²) in [6.07, 6.45) is 0.791. The van der Waals surface area contributed by atoms with Crippen LogP contribution in [0.5, 0.6) is 5.75 Å². The number of carbonyl (C=O) groups is 1. The molecule has 0 fully saturated rings. The molecule has 0 heterocycles. The third kappa shape index (κ3) is 7.49. The molecular weight excluding hydrogens is 364 g/mol. The number of para-hydroxylation sites is 1. The highest BCUT2D eigenvalue weighted by atomic mass is 16.5. The Bertz CT molecular complexity index is 818. The van der Waals surface area contributed by atoms with Gasteiger partial charge in [0.15, 0.2) is 5.96 Å². The van der Waals surface area contributed by atoms with E-state index in [2.05, 4.69) is 40.9 Å². The van der Waals surface area contributed by atoms with Gasteiger partial charge in [-0.1, -0.05) is 44.2 Å². The predicted octanol–water partition coefficient (Wildman–Crippen LogP) is 2.99. The van der Waals surface area contributed by atoms with Gasteiger partial charge in [0.05, 0.1) is 6.61 Å². The number of amides is 1. The summed E-state index contributed by atoms with van der Waals surface area (Å²) in [5.74, 6) is 2.03. The topological polar surface area (TPSA) is 74.8 Å². The smallest absolute Gasteiger partial charge is 0.251 e. The minimum atomic E-state index is -0.0735. The maximum Gasteiger partial charge on any atom is 0.251 e. The molecule has 2 rings (SSSR count). The second-order valence-electron chi connectivity index (χ2n) is 7.19. The van der Waals surface area contributed by atoms with Gasteiger partial charge in [-0.05, 0) is 36.1 Å². The number of hydrogen-bond acceptors (Lipinski definition) is 3. The normalized spacial score (nSPS) is 11.3. The third-order valence-corrected chi connectivity index (χ3v) is 4.34. The highest BCUT2D eigenvalue weighted by Crippen LogP contribution is 2.18. The molecule has 0 atom stereocenters. The SMILES string of the molecule is CN=C(NCCc1cccc(C(=O)NC)c1)NCc1ccccc1OCC(C)C. The zero-order chi connectivity index (χ0) is 21.1. The predicted molar refractivity (Wildman–Crippen MR) is 119 cm³/mol. The molecule has 0 unspecified atom stereocenters. The van der Waals surface area contributed by atoms with E-state index in [9.17, 15) is 4.79 Å². The molecule has 1 amide bonds. The molecule has 0 radical (unpaired) electrons. The molecule has 0 spiro atoms. The summed E-state index contributed by atoms with van der Waals surface area (Å²) in [5, 5.41) is 9.30. The number of benzene rings is 2. The van der Waals surface area contributed by atoms with Gasteiger partial charge in [-0.25, -0.2) is 0 Å². The molecule has 3 N–H and O–H groups in total. The maximum absolute atomic E-state index is 11.8. The highest BCUT2D eigenvalue weighted by molar-refractivity contribution is 5.94. The monoisotopic (exact) mass is 396 g/mol. The van der Waals surface area contributed by atoms with E-state index in [0.717, 1.165) is 29.3 Å². The number of rotatable bonds is 9. The van der Waals surface area contributed by atoms with Crippen LogP contribution in [0.1, 0.15) is 35.3 Å². The lowest BCUT2D eigenvalue weighted by atomic mass is 10.1. The molecule has 29 heavy (non-hydrogen) atoms. The largest absolute Gasteiger partial charge is 0.493 e. The number of ether oxygens (including phenoxy) is 1. The summed E-state index contributed by atoms with van der Waals surface area (Å²) in [5.41, 5.74) is 2.86. The first-order valence-corrected chi connectivity index (χ1v) is 9.99. The molecule has 0 aromatic heterocycles. The standard InChI is InChI=1S/C23H32N4O2/c1-17(2)16-29-21-11-6-5-9-20(21)15-27-23(25-4)26-13-12-18-8-7-10-19(14-18)22(28)24-3/h5-11,14,17H,12-13,15-16H2,1-4H3,(H,24,28)(H2,25,26,27). The maximum atomic E-state index is 11.8. The summed E-state index contributed by atoms with van der Waals surface area (Å²) in [7, 11) is 3.39. The third-order valence-electron chi connectivity index (χ3n) is 4.34. The first-order valence-electron chi connectivity index (χ1n) is 9.99. The second-order valence-corrected chi connectivity index (χ2v) is 7.19. The van der Waals surface area contributed by atoms with Crippen molar-refractivity contribution in [1.29, 1.82) is 0 Å². The van der Waals surface area contributed by atoms with Crippen molar-refractivity contribution in [3.05, 3.63) is 65.2 Å². The average molecular weight is 397 g/mol. The van der Waals surface area contributed by atoms with E-state index in [1.165, 1.54) is 0 Å². The Balaban J connectivity index is 1.85. The van der Waals surface area contributed by atoms with Crippen LogP contribution in [0.3, 0.4) is 0 Å². The van der Waals surface area contributed by atoms with Gasteiger partial charge in [0.1, 0.15) is 5.75 Å². The molecule has 0 saturated carbocycles. The van der Waals surface area contributed by atoms with Crippen molar-refractivity contribution in [1.82, 2.24) is 16.0 Å². The van der Waals surface area contributed by atoms with Crippen LogP contribution in [-0.2, 0) is 13.0 Å². The summed E-state index contributed by atoms with van der Waals surface area (Å²) in [6, 6.07) is 15.7. The van der Waals surface area contributed by atoms with Crippen LogP contribution in [0.15, 0.2) is 53.5 Å². The van der Waals surface area contributed by atoms with Crippen molar-refractivity contribution in [3.63, 3.8) is 0 Å². The highest BCUT2D eigenvalue weighted by Gasteiger charge is 2.07. The summed E-state index contributed by atoms with van der Waals surface area (Å²) >= 11 is 0. The molecule has 6 heteroatoms. The quantitative estimate of drug-likeness (QED) is 0.450. The number of nitrogens with zero attached hydrogens (tertiary/aromatic N) is 1. The van der Waals surface area contributed by atoms with Crippen molar-refractivity contribution >= 4 is 11.9 Å². The number of nitrogens with one attached hydrogen (secondary N) is 3. The minimum Gasteiger partial charge on any atom is -0.493 e. The van der Waals surface area contributed by atoms with Crippen LogP contribution in [-0.4, -0.2) is 39.1 Å². The Morgan fingerprint density at radius 3 is 2.62 bits per heavy atom. The van der Waals surface area contributed by atoms with Gasteiger partial charge < -0.3 is 20.7 Å². The van der Waals surface area contributed by atoms with Crippen LogP contribution >= 0.6 is 0 Å². The average Bonchev–Trinajstić information content (AvgIpc) is 2.74. The van der Waals surface area contributed by atoms with Gasteiger partial charge in [0.2, 0.25) is 0 Å². The van der Waals surface area contributed by atoms with E-state index in [-0.39, 0.29) is 5.91 Å². The zero-order valence-electron chi connectivity index (χ0n) is 17.8. The molecule has 156 valence electrons. The summed E-state index contributed by atoms with van der Waals surface area (Å²) in [4.78, 5) is 16.0. The van der Waals surface area contributed by atoms with Crippen molar-refractivity contribution in [3.8, 4) is 5.75 Å². The van der Waals surface area contributed by atoms with Crippen LogP contribution < -0.4 is 20.7 Å². The van der Waals surface area contributed by atoms with Gasteiger partial charge in [-0.2, -0.15) is 0 Å². The zero-order valence-corrected chi connectivity index (χ0v) is 17.8. The number of hydrogen-bond donors (Lipinski definition) is 3. The lowest BCUT2D eigenvalue weighted by molar-refractivity contribution is 0.0963. The number of aliphatic imine (C=N–C) groups is 1. The Morgan fingerprint density at radius 2 is 1.90 bits per heavy atom. The van der Waals surface area contributed by atoms with E-state index < -0.39 is 0 Å². The Hall–Kier alpha value is -3.02. The second kappa shape index (κ2) is 11.7. The van der Waals surface area contributed by atoms with Crippen molar-refractivity contribution in [2.24, 2.45) is 10.9 Å². The fraction of sp³-hybridized carbons (Fsp3) is 0.391. The summed E-state index contributed by atoms with van der Waals surface area (Å²) < 4.78 is 5.91. The van der Waals surface area contributed by atoms with E-state index >= 15 is 0 Å².